The van der Waals surface area contributed by atoms with Crippen LogP contribution >= 0.6 is 0 Å². The van der Waals surface area contributed by atoms with E-state index in [4.69, 9.17) is 0 Å². The van der Waals surface area contributed by atoms with Crippen molar-refractivity contribution < 1.29 is 9.59 Å². The number of carbonyl (C=O) groups is 2. The Bertz CT molecular complexity index is 585. The van der Waals surface area contributed by atoms with E-state index in [1.54, 1.807) is 0 Å². The van der Waals surface area contributed by atoms with Crippen LogP contribution in [0.2, 0.25) is 0 Å². The van der Waals surface area contributed by atoms with Crippen LogP contribution in [0.25, 0.3) is 0 Å². The summed E-state index contributed by atoms with van der Waals surface area (Å²) in [5.74, 6) is 3.43. The van der Waals surface area contributed by atoms with Crippen molar-refractivity contribution in [2.75, 3.05) is 0 Å². The molecule has 1 amide bonds. The van der Waals surface area contributed by atoms with Gasteiger partial charge in [0.15, 0.2) is 0 Å². The van der Waals surface area contributed by atoms with Crippen molar-refractivity contribution in [1.82, 2.24) is 5.32 Å². The van der Waals surface area contributed by atoms with Crippen molar-refractivity contribution in [2.24, 2.45) is 40.4 Å². The van der Waals surface area contributed by atoms with Gasteiger partial charge < -0.3 is 5.32 Å². The van der Waals surface area contributed by atoms with Gasteiger partial charge in [0.05, 0.1) is 0 Å². The Morgan fingerprint density at radius 3 is 2.44 bits per heavy atom. The van der Waals surface area contributed by atoms with Crippen LogP contribution in [0.5, 0.6) is 0 Å². The second-order valence-corrected chi connectivity index (χ2v) is 10.3. The van der Waals surface area contributed by atoms with Gasteiger partial charge >= 0.3 is 0 Å². The highest BCUT2D eigenvalue weighted by molar-refractivity contribution is 5.84. The van der Waals surface area contributed by atoms with Crippen LogP contribution in [-0.2, 0) is 9.59 Å². The zero-order chi connectivity index (χ0) is 18.0. The zero-order valence-corrected chi connectivity index (χ0v) is 16.4. The lowest BCUT2D eigenvalue weighted by atomic mass is 9.47. The van der Waals surface area contributed by atoms with E-state index in [1.807, 2.05) is 0 Å². The van der Waals surface area contributed by atoms with Gasteiger partial charge in [-0.15, -0.1) is 0 Å². The third kappa shape index (κ3) is 2.44. The van der Waals surface area contributed by atoms with Crippen LogP contribution in [0.3, 0.4) is 0 Å². The van der Waals surface area contributed by atoms with E-state index in [0.717, 1.165) is 31.1 Å². The van der Waals surface area contributed by atoms with Gasteiger partial charge in [-0.2, -0.15) is 0 Å². The molecule has 140 valence electrons. The van der Waals surface area contributed by atoms with Crippen molar-refractivity contribution >= 4 is 11.7 Å². The molecular weight excluding hydrogens is 310 g/mol. The maximum Gasteiger partial charge on any atom is 0.220 e. The fourth-order valence-electron chi connectivity index (χ4n) is 7.57. The SMILES string of the molecule is CC(C)C(=O)C1CC[C@H]2[C@@H]3CCC4NC(=O)CC[C@]4(C)[C@@H]3CC[C@]12C. The summed E-state index contributed by atoms with van der Waals surface area (Å²) in [6.07, 6.45) is 8.95. The van der Waals surface area contributed by atoms with Crippen molar-refractivity contribution in [1.29, 1.82) is 0 Å². The molecule has 0 radical (unpaired) electrons. The summed E-state index contributed by atoms with van der Waals surface area (Å²) in [7, 11) is 0. The van der Waals surface area contributed by atoms with Crippen LogP contribution in [-0.4, -0.2) is 17.7 Å². The van der Waals surface area contributed by atoms with E-state index in [9.17, 15) is 9.59 Å². The van der Waals surface area contributed by atoms with Crippen LogP contribution in [0, 0.1) is 40.4 Å². The van der Waals surface area contributed by atoms with Gasteiger partial charge in [0.2, 0.25) is 5.91 Å². The molecule has 0 spiro atoms. The van der Waals surface area contributed by atoms with Gasteiger partial charge in [-0.1, -0.05) is 27.7 Å². The first-order valence-corrected chi connectivity index (χ1v) is 10.6. The highest BCUT2D eigenvalue weighted by Crippen LogP contribution is 2.65. The predicted octanol–water partition coefficient (Wildman–Crippen LogP) is 4.35. The third-order valence-electron chi connectivity index (χ3n) is 9.01. The first-order chi connectivity index (χ1) is 11.8. The predicted molar refractivity (Wildman–Crippen MR) is 98.9 cm³/mol. The fourth-order valence-corrected chi connectivity index (χ4v) is 7.57. The van der Waals surface area contributed by atoms with Gasteiger partial charge in [-0.25, -0.2) is 0 Å². The summed E-state index contributed by atoms with van der Waals surface area (Å²) in [6, 6.07) is 0.383. The minimum atomic E-state index is 0.167. The molecule has 1 heterocycles. The van der Waals surface area contributed by atoms with Gasteiger partial charge in [0, 0.05) is 24.3 Å². The van der Waals surface area contributed by atoms with E-state index >= 15 is 0 Å². The standard InChI is InChI=1S/C22H35NO2/c1-13(2)20(25)17-7-6-15-14-5-8-18-22(4,12-10-19(24)23-18)16(14)9-11-21(15,17)3/h13-18H,5-12H2,1-4H3,(H,23,24)/t14-,15-,16+,17?,18?,21-,22+/m0/s1. The third-order valence-corrected chi connectivity index (χ3v) is 9.01. The van der Waals surface area contributed by atoms with Crippen molar-refractivity contribution in [2.45, 2.75) is 85.1 Å². The summed E-state index contributed by atoms with van der Waals surface area (Å²) in [5, 5.41) is 3.31. The van der Waals surface area contributed by atoms with E-state index in [-0.39, 0.29) is 28.6 Å². The number of amides is 1. The molecule has 0 aromatic carbocycles. The van der Waals surface area contributed by atoms with E-state index in [2.05, 4.69) is 33.0 Å². The number of piperidine rings is 1. The molecule has 1 aliphatic heterocycles. The highest BCUT2D eigenvalue weighted by atomic mass is 16.1. The minimum Gasteiger partial charge on any atom is -0.353 e. The molecule has 3 nitrogen and oxygen atoms in total. The largest absolute Gasteiger partial charge is 0.353 e. The lowest BCUT2D eigenvalue weighted by Gasteiger charge is -2.60. The average molecular weight is 346 g/mol. The fraction of sp³-hybridized carbons (Fsp3) is 0.909. The maximum atomic E-state index is 12.8. The number of hydrogen-bond acceptors (Lipinski definition) is 2. The molecular formula is C22H35NO2. The quantitative estimate of drug-likeness (QED) is 0.809. The van der Waals surface area contributed by atoms with Gasteiger partial charge in [0.1, 0.15) is 5.78 Å². The first kappa shape index (κ1) is 17.5. The molecule has 4 fully saturated rings. The van der Waals surface area contributed by atoms with Gasteiger partial charge in [-0.05, 0) is 73.5 Å². The normalized spacial score (nSPS) is 49.2. The van der Waals surface area contributed by atoms with Crippen molar-refractivity contribution in [3.05, 3.63) is 0 Å². The molecule has 1 saturated heterocycles. The summed E-state index contributed by atoms with van der Waals surface area (Å²) in [6.45, 7) is 9.02. The van der Waals surface area contributed by atoms with Crippen molar-refractivity contribution in [3.8, 4) is 0 Å². The molecule has 4 aliphatic rings. The van der Waals surface area contributed by atoms with Crippen LogP contribution < -0.4 is 5.32 Å². The van der Waals surface area contributed by atoms with Gasteiger partial charge in [0.25, 0.3) is 0 Å². The summed E-state index contributed by atoms with van der Waals surface area (Å²) in [5.41, 5.74) is 0.502. The number of fused-ring (bicyclic) bond motifs is 5. The minimum absolute atomic E-state index is 0.167. The summed E-state index contributed by atoms with van der Waals surface area (Å²) < 4.78 is 0. The molecule has 0 aromatic rings. The van der Waals surface area contributed by atoms with E-state index < -0.39 is 0 Å². The number of hydrogen-bond donors (Lipinski definition) is 1. The topological polar surface area (TPSA) is 46.2 Å². The Hall–Kier alpha value is -0.860. The Balaban J connectivity index is 1.60. The second-order valence-electron chi connectivity index (χ2n) is 10.3. The van der Waals surface area contributed by atoms with Gasteiger partial charge in [-0.3, -0.25) is 9.59 Å². The number of carbonyl (C=O) groups excluding carboxylic acids is 2. The Morgan fingerprint density at radius 1 is 1.00 bits per heavy atom. The number of nitrogens with one attached hydrogen (secondary N) is 1. The van der Waals surface area contributed by atoms with Crippen molar-refractivity contribution in [3.63, 3.8) is 0 Å². The molecule has 0 bridgehead atoms. The molecule has 0 aromatic heterocycles. The Morgan fingerprint density at radius 2 is 1.72 bits per heavy atom. The smallest absolute Gasteiger partial charge is 0.220 e. The van der Waals surface area contributed by atoms with E-state index in [1.165, 1.54) is 25.7 Å². The molecule has 1 N–H and O–H groups in total. The molecule has 2 unspecified atom stereocenters. The molecule has 4 rings (SSSR count). The number of rotatable bonds is 2. The molecule has 3 heteroatoms. The monoisotopic (exact) mass is 345 g/mol. The maximum absolute atomic E-state index is 12.8. The number of Topliss-reactive ketones (excluding diaryl/α,β-unsaturated/α-hetero) is 1. The molecule has 7 atom stereocenters. The van der Waals surface area contributed by atoms with Crippen LogP contribution in [0.1, 0.15) is 79.1 Å². The highest BCUT2D eigenvalue weighted by Gasteiger charge is 2.61. The van der Waals surface area contributed by atoms with E-state index in [0.29, 0.717) is 24.2 Å². The lowest BCUT2D eigenvalue weighted by Crippen LogP contribution is -2.61. The van der Waals surface area contributed by atoms with Crippen LogP contribution in [0.4, 0.5) is 0 Å². The molecule has 25 heavy (non-hydrogen) atoms. The summed E-state index contributed by atoms with van der Waals surface area (Å²) in [4.78, 5) is 24.7. The number of ketones is 1. The van der Waals surface area contributed by atoms with Crippen LogP contribution in [0.15, 0.2) is 0 Å². The molecule has 3 aliphatic carbocycles. The first-order valence-electron chi connectivity index (χ1n) is 10.6. The summed E-state index contributed by atoms with van der Waals surface area (Å²) >= 11 is 0. The average Bonchev–Trinajstić information content (AvgIpc) is 2.92. The molecule has 3 saturated carbocycles. The lowest BCUT2D eigenvalue weighted by molar-refractivity contribution is -0.142. The Labute approximate surface area is 152 Å². The Kier molecular flexibility index (Phi) is 4.09. The zero-order valence-electron chi connectivity index (χ0n) is 16.4. The second kappa shape index (κ2) is 5.82.